The molecular formula is C25H28F2N6O. The minimum atomic E-state index is -0.528. The molecule has 2 amide bonds. The molecule has 178 valence electrons. The highest BCUT2D eigenvalue weighted by Gasteiger charge is 2.46. The van der Waals surface area contributed by atoms with Crippen LogP contribution in [0.1, 0.15) is 35.4 Å². The van der Waals surface area contributed by atoms with Gasteiger partial charge in [-0.25, -0.2) is 13.6 Å². The molecule has 3 N–H and O–H groups in total. The number of aromatic nitrogens is 2. The maximum atomic E-state index is 14.2. The first-order valence-corrected chi connectivity index (χ1v) is 11.6. The van der Waals surface area contributed by atoms with Crippen molar-refractivity contribution in [1.82, 2.24) is 25.3 Å². The number of piperidine rings is 1. The molecule has 1 saturated heterocycles. The fourth-order valence-corrected chi connectivity index (χ4v) is 5.65. The number of hydrogen-bond acceptors (Lipinski definition) is 4. The summed E-state index contributed by atoms with van der Waals surface area (Å²) in [5, 5.41) is 18.0. The summed E-state index contributed by atoms with van der Waals surface area (Å²) in [5.41, 5.74) is 3.48. The van der Waals surface area contributed by atoms with Crippen LogP contribution in [-0.4, -0.2) is 57.4 Å². The standard InChI is InChI=1S/C25H28F2N6O/c1-2-16(6-8-28)24-18-14-32(9-7-21(18)30-31-24)25(34)29-22-10-15-11-23(22)33(12-15)13-17-19(26)4-3-5-20(17)27/h2-6,8,15,22-23,28H,1,7,9-14H2,(H,29,34)(H,30,31)/b16-6+,28-8?. The van der Waals surface area contributed by atoms with Crippen LogP contribution in [0.4, 0.5) is 13.6 Å². The third kappa shape index (κ3) is 4.04. The highest BCUT2D eigenvalue weighted by molar-refractivity contribution is 5.87. The predicted octanol–water partition coefficient (Wildman–Crippen LogP) is 3.64. The summed E-state index contributed by atoms with van der Waals surface area (Å²) < 4.78 is 28.4. The Morgan fingerprint density at radius 3 is 2.82 bits per heavy atom. The number of nitrogens with zero attached hydrogens (tertiary/aromatic N) is 3. The maximum absolute atomic E-state index is 14.2. The number of rotatable bonds is 6. The van der Waals surface area contributed by atoms with Gasteiger partial charge in [-0.3, -0.25) is 10.00 Å². The van der Waals surface area contributed by atoms with Gasteiger partial charge in [0.15, 0.2) is 0 Å². The molecule has 1 aromatic carbocycles. The molecule has 0 spiro atoms. The molecule has 2 aromatic rings. The van der Waals surface area contributed by atoms with E-state index >= 15 is 0 Å². The van der Waals surface area contributed by atoms with Crippen molar-refractivity contribution in [1.29, 1.82) is 5.41 Å². The second-order valence-corrected chi connectivity index (χ2v) is 9.28. The van der Waals surface area contributed by atoms with Gasteiger partial charge in [0.25, 0.3) is 0 Å². The zero-order valence-electron chi connectivity index (χ0n) is 18.9. The summed E-state index contributed by atoms with van der Waals surface area (Å²) >= 11 is 0. The van der Waals surface area contributed by atoms with Crippen LogP contribution >= 0.6 is 0 Å². The Bertz CT molecular complexity index is 1140. The average molecular weight is 467 g/mol. The molecule has 1 aromatic heterocycles. The number of halogens is 2. The molecule has 3 unspecified atom stereocenters. The molecule has 5 rings (SSSR count). The van der Waals surface area contributed by atoms with Crippen LogP contribution in [0.25, 0.3) is 5.57 Å². The van der Waals surface area contributed by atoms with Crippen LogP contribution in [-0.2, 0) is 19.5 Å². The second kappa shape index (κ2) is 9.13. The Morgan fingerprint density at radius 2 is 2.12 bits per heavy atom. The van der Waals surface area contributed by atoms with E-state index < -0.39 is 11.6 Å². The second-order valence-electron chi connectivity index (χ2n) is 9.28. The number of aromatic amines is 1. The number of hydrogen-bond donors (Lipinski definition) is 3. The van der Waals surface area contributed by atoms with E-state index in [0.29, 0.717) is 31.1 Å². The van der Waals surface area contributed by atoms with Gasteiger partial charge in [0.2, 0.25) is 0 Å². The number of fused-ring (bicyclic) bond motifs is 3. The van der Waals surface area contributed by atoms with Crippen molar-refractivity contribution < 1.29 is 13.6 Å². The van der Waals surface area contributed by atoms with Crippen LogP contribution in [0.15, 0.2) is 36.9 Å². The summed E-state index contributed by atoms with van der Waals surface area (Å²) in [6, 6.07) is 3.84. The first-order valence-electron chi connectivity index (χ1n) is 11.6. The van der Waals surface area contributed by atoms with E-state index in [1.54, 1.807) is 17.1 Å². The summed E-state index contributed by atoms with van der Waals surface area (Å²) in [5.74, 6) is -0.640. The zero-order chi connectivity index (χ0) is 23.8. The first kappa shape index (κ1) is 22.5. The molecule has 1 aliphatic carbocycles. The normalized spacial score (nSPS) is 24.2. The van der Waals surface area contributed by atoms with Gasteiger partial charge < -0.3 is 15.6 Å². The zero-order valence-corrected chi connectivity index (χ0v) is 18.9. The van der Waals surface area contributed by atoms with Crippen molar-refractivity contribution in [2.45, 2.75) is 44.4 Å². The molecule has 3 aliphatic rings. The Balaban J connectivity index is 1.26. The number of likely N-dealkylation sites (tertiary alicyclic amines) is 1. The van der Waals surface area contributed by atoms with E-state index in [2.05, 4.69) is 27.0 Å². The van der Waals surface area contributed by atoms with Gasteiger partial charge in [0.05, 0.1) is 12.2 Å². The lowest BCUT2D eigenvalue weighted by molar-refractivity contribution is 0.149. The van der Waals surface area contributed by atoms with Crippen LogP contribution in [0.3, 0.4) is 0 Å². The molecule has 34 heavy (non-hydrogen) atoms. The molecule has 7 nitrogen and oxygen atoms in total. The molecule has 0 radical (unpaired) electrons. The van der Waals surface area contributed by atoms with Crippen LogP contribution in [0.2, 0.25) is 0 Å². The molecule has 2 bridgehead atoms. The van der Waals surface area contributed by atoms with E-state index in [-0.39, 0.29) is 30.2 Å². The molecule has 3 heterocycles. The van der Waals surface area contributed by atoms with Crippen LogP contribution < -0.4 is 5.32 Å². The number of carbonyl (C=O) groups excluding carboxylic acids is 1. The molecule has 3 atom stereocenters. The van der Waals surface area contributed by atoms with E-state index in [1.807, 2.05) is 0 Å². The largest absolute Gasteiger partial charge is 0.334 e. The highest BCUT2D eigenvalue weighted by Crippen LogP contribution is 2.39. The summed E-state index contributed by atoms with van der Waals surface area (Å²) in [7, 11) is 0. The van der Waals surface area contributed by atoms with Gasteiger partial charge in [-0.15, -0.1) is 0 Å². The third-order valence-corrected chi connectivity index (χ3v) is 7.30. The summed E-state index contributed by atoms with van der Waals surface area (Å²) in [4.78, 5) is 17.1. The lowest BCUT2D eigenvalue weighted by Crippen LogP contribution is -2.53. The van der Waals surface area contributed by atoms with Crippen molar-refractivity contribution in [2.24, 2.45) is 5.92 Å². The molecule has 1 saturated carbocycles. The van der Waals surface area contributed by atoms with Crippen molar-refractivity contribution in [3.8, 4) is 0 Å². The minimum absolute atomic E-state index is 0.0483. The van der Waals surface area contributed by atoms with Gasteiger partial charge in [-0.05, 0) is 37.0 Å². The van der Waals surface area contributed by atoms with Crippen LogP contribution in [0.5, 0.6) is 0 Å². The average Bonchev–Trinajstić information content (AvgIpc) is 3.53. The Morgan fingerprint density at radius 1 is 1.32 bits per heavy atom. The smallest absolute Gasteiger partial charge is 0.317 e. The molecule has 2 fully saturated rings. The molecule has 2 aliphatic heterocycles. The number of urea groups is 1. The predicted molar refractivity (Wildman–Crippen MR) is 125 cm³/mol. The quantitative estimate of drug-likeness (QED) is 0.449. The van der Waals surface area contributed by atoms with Crippen molar-refractivity contribution >= 4 is 17.8 Å². The SMILES string of the molecule is C=C/C(=C\C=N)c1n[nH]c2c1CN(C(=O)NC1CC3CC1N(Cc1c(F)cccc1F)C3)CC2. The summed E-state index contributed by atoms with van der Waals surface area (Å²) in [6.45, 7) is 5.80. The summed E-state index contributed by atoms with van der Waals surface area (Å²) in [6.07, 6.45) is 6.95. The number of carbonyl (C=O) groups is 1. The Labute approximate surface area is 197 Å². The van der Waals surface area contributed by atoms with E-state index in [0.717, 1.165) is 36.2 Å². The highest BCUT2D eigenvalue weighted by atomic mass is 19.1. The Kier molecular flexibility index (Phi) is 6.03. The van der Waals surface area contributed by atoms with Gasteiger partial charge in [-0.2, -0.15) is 5.10 Å². The topological polar surface area (TPSA) is 88.1 Å². The number of amides is 2. The van der Waals surface area contributed by atoms with Crippen molar-refractivity contribution in [3.05, 3.63) is 71.1 Å². The Hall–Kier alpha value is -3.33. The maximum Gasteiger partial charge on any atom is 0.317 e. The monoisotopic (exact) mass is 466 g/mol. The van der Waals surface area contributed by atoms with Gasteiger partial charge in [0, 0.05) is 66.7 Å². The molecule has 9 heteroatoms. The van der Waals surface area contributed by atoms with Crippen LogP contribution in [0, 0.1) is 23.0 Å². The fraction of sp³-hybridized carbons (Fsp3) is 0.400. The first-order chi connectivity index (χ1) is 16.5. The third-order valence-electron chi connectivity index (χ3n) is 7.30. The van der Waals surface area contributed by atoms with E-state index in [9.17, 15) is 13.6 Å². The minimum Gasteiger partial charge on any atom is -0.334 e. The van der Waals surface area contributed by atoms with E-state index in [4.69, 9.17) is 5.41 Å². The van der Waals surface area contributed by atoms with Gasteiger partial charge >= 0.3 is 6.03 Å². The van der Waals surface area contributed by atoms with Crippen molar-refractivity contribution in [2.75, 3.05) is 13.1 Å². The molecular weight excluding hydrogens is 438 g/mol. The number of nitrogens with one attached hydrogen (secondary N) is 3. The lowest BCUT2D eigenvalue weighted by Gasteiger charge is -2.36. The van der Waals surface area contributed by atoms with Gasteiger partial charge in [-0.1, -0.05) is 18.7 Å². The fourth-order valence-electron chi connectivity index (χ4n) is 5.65. The number of benzene rings is 1. The van der Waals surface area contributed by atoms with Crippen molar-refractivity contribution in [3.63, 3.8) is 0 Å². The number of H-pyrrole nitrogens is 1. The lowest BCUT2D eigenvalue weighted by atomic mass is 10.0. The van der Waals surface area contributed by atoms with Gasteiger partial charge in [0.1, 0.15) is 11.6 Å². The van der Waals surface area contributed by atoms with E-state index in [1.165, 1.54) is 24.4 Å². The number of allylic oxidation sites excluding steroid dienone is 3.